The normalized spacial score (nSPS) is 10.1. The van der Waals surface area contributed by atoms with E-state index < -0.39 is 0 Å². The molecule has 0 aliphatic rings. The summed E-state index contributed by atoms with van der Waals surface area (Å²) in [6.45, 7) is 1.65. The summed E-state index contributed by atoms with van der Waals surface area (Å²) in [5, 5.41) is 12.2. The van der Waals surface area contributed by atoms with Crippen LogP contribution in [0, 0.1) is 11.3 Å². The number of hydrogen-bond acceptors (Lipinski definition) is 3. The van der Waals surface area contributed by atoms with Crippen molar-refractivity contribution in [3.05, 3.63) is 65.2 Å². The van der Waals surface area contributed by atoms with Crippen LogP contribution in [0.2, 0.25) is 0 Å². The van der Waals surface area contributed by atoms with E-state index >= 15 is 0 Å². The molecule has 0 atom stereocenters. The van der Waals surface area contributed by atoms with Gasteiger partial charge in [-0.1, -0.05) is 24.3 Å². The van der Waals surface area contributed by atoms with Crippen molar-refractivity contribution in [1.82, 2.24) is 5.32 Å². The Bertz CT molecular complexity index is 577. The van der Waals surface area contributed by atoms with Crippen LogP contribution in [-0.4, -0.2) is 14.1 Å². The summed E-state index contributed by atoms with van der Waals surface area (Å²) in [7, 11) is 4.08. The standard InChI is InChI=1S/C17H19N3/c1-20(2)17-9-7-16(8-10-17)13-19-12-15-5-3-14(11-18)4-6-15/h3-10,19H,12-13H2,1-2H3. The molecule has 2 aromatic rings. The zero-order valence-corrected chi connectivity index (χ0v) is 11.9. The van der Waals surface area contributed by atoms with Crippen molar-refractivity contribution < 1.29 is 0 Å². The Hall–Kier alpha value is -2.31. The fourth-order valence-electron chi connectivity index (χ4n) is 1.96. The van der Waals surface area contributed by atoms with Gasteiger partial charge in [-0.3, -0.25) is 0 Å². The molecule has 0 aliphatic heterocycles. The molecule has 102 valence electrons. The fourth-order valence-corrected chi connectivity index (χ4v) is 1.96. The second kappa shape index (κ2) is 6.74. The summed E-state index contributed by atoms with van der Waals surface area (Å²) in [6, 6.07) is 18.3. The molecule has 0 saturated heterocycles. The van der Waals surface area contributed by atoms with Crippen molar-refractivity contribution in [2.75, 3.05) is 19.0 Å². The Morgan fingerprint density at radius 1 is 0.900 bits per heavy atom. The third kappa shape index (κ3) is 3.84. The molecule has 0 spiro atoms. The zero-order valence-electron chi connectivity index (χ0n) is 11.9. The van der Waals surface area contributed by atoms with E-state index in [0.29, 0.717) is 5.56 Å². The van der Waals surface area contributed by atoms with Crippen LogP contribution in [0.3, 0.4) is 0 Å². The van der Waals surface area contributed by atoms with E-state index in [1.165, 1.54) is 16.8 Å². The average molecular weight is 265 g/mol. The summed E-state index contributed by atoms with van der Waals surface area (Å²) in [4.78, 5) is 2.09. The molecular weight excluding hydrogens is 246 g/mol. The van der Waals surface area contributed by atoms with Gasteiger partial charge >= 0.3 is 0 Å². The van der Waals surface area contributed by atoms with E-state index in [2.05, 4.69) is 40.6 Å². The average Bonchev–Trinajstić information content (AvgIpc) is 2.48. The molecule has 0 fully saturated rings. The largest absolute Gasteiger partial charge is 0.378 e. The quantitative estimate of drug-likeness (QED) is 0.903. The van der Waals surface area contributed by atoms with E-state index in [-0.39, 0.29) is 0 Å². The zero-order chi connectivity index (χ0) is 14.4. The molecule has 3 heteroatoms. The van der Waals surface area contributed by atoms with Crippen molar-refractivity contribution in [3.63, 3.8) is 0 Å². The van der Waals surface area contributed by atoms with E-state index in [4.69, 9.17) is 5.26 Å². The molecule has 20 heavy (non-hydrogen) atoms. The summed E-state index contributed by atoms with van der Waals surface area (Å²) in [5.41, 5.74) is 4.37. The Balaban J connectivity index is 1.84. The maximum Gasteiger partial charge on any atom is 0.0991 e. The minimum Gasteiger partial charge on any atom is -0.378 e. The first-order chi connectivity index (χ1) is 9.69. The molecule has 0 saturated carbocycles. The minimum absolute atomic E-state index is 0.702. The predicted molar refractivity (Wildman–Crippen MR) is 82.5 cm³/mol. The highest BCUT2D eigenvalue weighted by molar-refractivity contribution is 5.45. The minimum atomic E-state index is 0.702. The first-order valence-corrected chi connectivity index (χ1v) is 6.65. The third-order valence-corrected chi connectivity index (χ3v) is 3.19. The van der Waals surface area contributed by atoms with Gasteiger partial charge in [0, 0.05) is 32.9 Å². The number of hydrogen-bond donors (Lipinski definition) is 1. The van der Waals surface area contributed by atoms with Crippen LogP contribution in [0.25, 0.3) is 0 Å². The Kier molecular flexibility index (Phi) is 4.75. The van der Waals surface area contributed by atoms with Gasteiger partial charge < -0.3 is 10.2 Å². The molecule has 0 aliphatic carbocycles. The van der Waals surface area contributed by atoms with Gasteiger partial charge in [0.2, 0.25) is 0 Å². The van der Waals surface area contributed by atoms with Crippen molar-refractivity contribution in [1.29, 1.82) is 5.26 Å². The lowest BCUT2D eigenvalue weighted by Gasteiger charge is -2.13. The molecule has 2 aromatic carbocycles. The SMILES string of the molecule is CN(C)c1ccc(CNCc2ccc(C#N)cc2)cc1. The smallest absolute Gasteiger partial charge is 0.0991 e. The molecule has 0 aromatic heterocycles. The topological polar surface area (TPSA) is 39.1 Å². The lowest BCUT2D eigenvalue weighted by Crippen LogP contribution is -2.13. The lowest BCUT2D eigenvalue weighted by atomic mass is 10.1. The molecular formula is C17H19N3. The van der Waals surface area contributed by atoms with Crippen molar-refractivity contribution in [3.8, 4) is 6.07 Å². The summed E-state index contributed by atoms with van der Waals surface area (Å²) in [6.07, 6.45) is 0. The number of anilines is 1. The van der Waals surface area contributed by atoms with E-state index in [0.717, 1.165) is 13.1 Å². The summed E-state index contributed by atoms with van der Waals surface area (Å²) < 4.78 is 0. The van der Waals surface area contributed by atoms with Crippen LogP contribution in [0.1, 0.15) is 16.7 Å². The number of nitrogens with one attached hydrogen (secondary N) is 1. The maximum atomic E-state index is 8.75. The Morgan fingerprint density at radius 3 is 1.85 bits per heavy atom. The number of nitrogens with zero attached hydrogens (tertiary/aromatic N) is 2. The number of rotatable bonds is 5. The van der Waals surface area contributed by atoms with Gasteiger partial charge in [-0.2, -0.15) is 5.26 Å². The second-order valence-corrected chi connectivity index (χ2v) is 4.97. The van der Waals surface area contributed by atoms with Crippen molar-refractivity contribution >= 4 is 5.69 Å². The Morgan fingerprint density at radius 2 is 1.40 bits per heavy atom. The molecule has 0 bridgehead atoms. The van der Waals surface area contributed by atoms with Gasteiger partial charge in [-0.05, 0) is 35.4 Å². The van der Waals surface area contributed by atoms with Crippen LogP contribution >= 0.6 is 0 Å². The van der Waals surface area contributed by atoms with E-state index in [1.54, 1.807) is 0 Å². The highest BCUT2D eigenvalue weighted by atomic mass is 15.1. The molecule has 0 unspecified atom stereocenters. The van der Waals surface area contributed by atoms with Gasteiger partial charge in [0.05, 0.1) is 11.6 Å². The lowest BCUT2D eigenvalue weighted by molar-refractivity contribution is 0.693. The maximum absolute atomic E-state index is 8.75. The molecule has 0 heterocycles. The van der Waals surface area contributed by atoms with E-state index in [1.807, 2.05) is 38.4 Å². The highest BCUT2D eigenvalue weighted by Gasteiger charge is 1.97. The van der Waals surface area contributed by atoms with Crippen LogP contribution < -0.4 is 10.2 Å². The first kappa shape index (κ1) is 14.1. The van der Waals surface area contributed by atoms with Crippen LogP contribution in [0.4, 0.5) is 5.69 Å². The molecule has 0 amide bonds. The van der Waals surface area contributed by atoms with Gasteiger partial charge in [0.1, 0.15) is 0 Å². The highest BCUT2D eigenvalue weighted by Crippen LogP contribution is 2.12. The third-order valence-electron chi connectivity index (χ3n) is 3.19. The van der Waals surface area contributed by atoms with E-state index in [9.17, 15) is 0 Å². The monoisotopic (exact) mass is 265 g/mol. The van der Waals surface area contributed by atoms with Gasteiger partial charge in [0.15, 0.2) is 0 Å². The van der Waals surface area contributed by atoms with Crippen molar-refractivity contribution in [2.45, 2.75) is 13.1 Å². The molecule has 3 nitrogen and oxygen atoms in total. The van der Waals surface area contributed by atoms with Crippen LogP contribution in [0.15, 0.2) is 48.5 Å². The second-order valence-electron chi connectivity index (χ2n) is 4.97. The van der Waals surface area contributed by atoms with Gasteiger partial charge in [-0.25, -0.2) is 0 Å². The van der Waals surface area contributed by atoms with Crippen LogP contribution in [0.5, 0.6) is 0 Å². The summed E-state index contributed by atoms with van der Waals surface area (Å²) in [5.74, 6) is 0. The molecule has 1 N–H and O–H groups in total. The summed E-state index contributed by atoms with van der Waals surface area (Å²) >= 11 is 0. The molecule has 0 radical (unpaired) electrons. The van der Waals surface area contributed by atoms with Gasteiger partial charge in [0.25, 0.3) is 0 Å². The molecule has 2 rings (SSSR count). The number of nitriles is 1. The van der Waals surface area contributed by atoms with Crippen LogP contribution in [-0.2, 0) is 13.1 Å². The Labute approximate surface area is 120 Å². The predicted octanol–water partition coefficient (Wildman–Crippen LogP) is 2.91. The first-order valence-electron chi connectivity index (χ1n) is 6.65. The van der Waals surface area contributed by atoms with Crippen molar-refractivity contribution in [2.24, 2.45) is 0 Å². The fraction of sp³-hybridized carbons (Fsp3) is 0.235. The van der Waals surface area contributed by atoms with Gasteiger partial charge in [-0.15, -0.1) is 0 Å². The number of benzene rings is 2.